The van der Waals surface area contributed by atoms with E-state index in [0.717, 1.165) is 10.5 Å². The van der Waals surface area contributed by atoms with Crippen LogP contribution in [-0.4, -0.2) is 41.1 Å². The molecule has 8 heteroatoms. The van der Waals surface area contributed by atoms with Gasteiger partial charge in [-0.15, -0.1) is 23.2 Å². The number of Topliss-reactive ketones (excluding diaryl/α,β-unsaturated/α-hetero) is 1. The number of nitrogens with zero attached hydrogens (tertiary/aromatic N) is 1. The van der Waals surface area contributed by atoms with E-state index in [1.807, 2.05) is 55.5 Å². The predicted molar refractivity (Wildman–Crippen MR) is 141 cm³/mol. The van der Waals surface area contributed by atoms with Crippen LogP contribution in [0.15, 0.2) is 72.8 Å². The highest BCUT2D eigenvalue weighted by molar-refractivity contribution is 6.36. The van der Waals surface area contributed by atoms with E-state index in [4.69, 9.17) is 27.9 Å². The number of ketones is 1. The molecule has 0 N–H and O–H groups in total. The highest BCUT2D eigenvalue weighted by Crippen LogP contribution is 2.69. The summed E-state index contributed by atoms with van der Waals surface area (Å²) in [6.07, 6.45) is -1.09. The maximum absolute atomic E-state index is 13.8. The van der Waals surface area contributed by atoms with Gasteiger partial charge in [0.1, 0.15) is 16.3 Å². The topological polar surface area (TPSA) is 80.8 Å². The van der Waals surface area contributed by atoms with E-state index < -0.39 is 52.0 Å². The van der Waals surface area contributed by atoms with Gasteiger partial charge in [-0.05, 0) is 36.1 Å². The van der Waals surface area contributed by atoms with E-state index in [1.54, 1.807) is 24.3 Å². The van der Waals surface area contributed by atoms with Gasteiger partial charge in [-0.2, -0.15) is 0 Å². The lowest BCUT2D eigenvalue weighted by molar-refractivity contribution is -0.154. The Balaban J connectivity index is 1.31. The Morgan fingerprint density at radius 1 is 0.816 bits per heavy atom. The third-order valence-corrected chi connectivity index (χ3v) is 9.26. The van der Waals surface area contributed by atoms with E-state index in [9.17, 15) is 19.2 Å². The normalized spacial score (nSPS) is 27.4. The molecule has 0 saturated carbocycles. The number of aryl methyl sites for hydroxylation is 1. The number of amides is 2. The number of likely N-dealkylation sites (tertiary alicyclic amines) is 1. The zero-order valence-electron chi connectivity index (χ0n) is 20.6. The number of alkyl halides is 2. The highest BCUT2D eigenvalue weighted by Gasteiger charge is 2.73. The fourth-order valence-corrected chi connectivity index (χ4v) is 7.35. The molecule has 0 aromatic heterocycles. The number of hydrogen-bond acceptors (Lipinski definition) is 5. The van der Waals surface area contributed by atoms with Crippen LogP contribution in [-0.2, 0) is 28.9 Å². The van der Waals surface area contributed by atoms with E-state index in [0.29, 0.717) is 27.8 Å². The summed E-state index contributed by atoms with van der Waals surface area (Å²) in [4.78, 5) is 51.5. The Morgan fingerprint density at radius 2 is 1.24 bits per heavy atom. The van der Waals surface area contributed by atoms with Crippen molar-refractivity contribution >= 4 is 46.8 Å². The van der Waals surface area contributed by atoms with Gasteiger partial charge in [0.2, 0.25) is 17.6 Å². The van der Waals surface area contributed by atoms with Crippen LogP contribution in [0.5, 0.6) is 0 Å². The first-order valence-corrected chi connectivity index (χ1v) is 13.1. The molecule has 3 atom stereocenters. The smallest absolute Gasteiger partial charge is 0.326 e. The lowest BCUT2D eigenvalue weighted by Crippen LogP contribution is -2.57. The minimum Gasteiger partial charge on any atom is -0.453 e. The fraction of sp³-hybridized carbons (Fsp3) is 0.267. The second-order valence-corrected chi connectivity index (χ2v) is 11.3. The summed E-state index contributed by atoms with van der Waals surface area (Å²) in [6.45, 7) is 2.73. The van der Waals surface area contributed by atoms with Crippen molar-refractivity contribution in [1.29, 1.82) is 0 Å². The van der Waals surface area contributed by atoms with Gasteiger partial charge in [-0.1, -0.05) is 78.4 Å². The number of esters is 1. The number of benzene rings is 3. The van der Waals surface area contributed by atoms with Crippen LogP contribution in [0.2, 0.25) is 0 Å². The summed E-state index contributed by atoms with van der Waals surface area (Å²) in [5.41, 5.74) is 4.11. The molecule has 2 bridgehead atoms. The van der Waals surface area contributed by atoms with Gasteiger partial charge < -0.3 is 4.74 Å². The summed E-state index contributed by atoms with van der Waals surface area (Å²) in [5.74, 6) is -4.42. The van der Waals surface area contributed by atoms with Crippen molar-refractivity contribution in [3.63, 3.8) is 0 Å². The molecule has 1 heterocycles. The monoisotopic (exact) mass is 547 g/mol. The molecule has 7 rings (SSSR count). The summed E-state index contributed by atoms with van der Waals surface area (Å²) >= 11 is 14.7. The third-order valence-electron chi connectivity index (χ3n) is 7.98. The molecule has 3 aliphatic carbocycles. The number of rotatable bonds is 5. The molecular formula is C30H23Cl2NO5. The highest BCUT2D eigenvalue weighted by atomic mass is 35.5. The van der Waals surface area contributed by atoms with Crippen LogP contribution in [0.25, 0.3) is 0 Å². The molecule has 6 nitrogen and oxygen atoms in total. The molecule has 0 unspecified atom stereocenters. The van der Waals surface area contributed by atoms with Gasteiger partial charge >= 0.3 is 5.97 Å². The van der Waals surface area contributed by atoms with Crippen molar-refractivity contribution < 1.29 is 23.9 Å². The van der Waals surface area contributed by atoms with Crippen LogP contribution in [0.3, 0.4) is 0 Å². The quantitative estimate of drug-likeness (QED) is 0.200. The maximum atomic E-state index is 13.8. The standard InChI is InChI=1S/C30H23Cl2NO5/c1-16-11-13-18(14-12-16)26(35)17(2)38-23(34)15-33-27(36)24-25(28(33)37)30(32)20-8-4-3-7-19(20)29(24,31)21-9-5-6-10-22(21)30/h3-14,17,24-25H,15H2,1-2H3/t17-,24-,25+,29?,30?/m1/s1. The van der Waals surface area contributed by atoms with E-state index in [2.05, 4.69) is 0 Å². The van der Waals surface area contributed by atoms with Gasteiger partial charge in [0.05, 0.1) is 11.8 Å². The summed E-state index contributed by atoms with van der Waals surface area (Å²) in [5, 5.41) is 0. The number of halogens is 2. The van der Waals surface area contributed by atoms with Crippen LogP contribution < -0.4 is 0 Å². The molecule has 1 saturated heterocycles. The second kappa shape index (κ2) is 8.52. The van der Waals surface area contributed by atoms with Crippen LogP contribution in [0, 0.1) is 18.8 Å². The van der Waals surface area contributed by atoms with Crippen LogP contribution >= 0.6 is 23.2 Å². The Hall–Kier alpha value is -3.48. The lowest BCUT2D eigenvalue weighted by atomic mass is 9.54. The number of imide groups is 1. The first kappa shape index (κ1) is 24.8. The number of hydrogen-bond donors (Lipinski definition) is 0. The Kier molecular flexibility index (Phi) is 5.57. The minimum atomic E-state index is -1.32. The first-order chi connectivity index (χ1) is 18.1. The number of carbonyl (C=O) groups is 4. The van der Waals surface area contributed by atoms with Crippen molar-refractivity contribution in [3.05, 3.63) is 106 Å². The van der Waals surface area contributed by atoms with Gasteiger partial charge in [-0.3, -0.25) is 24.1 Å². The average molecular weight is 548 g/mol. The minimum absolute atomic E-state index is 0.380. The Bertz CT molecular complexity index is 1410. The molecule has 192 valence electrons. The third kappa shape index (κ3) is 3.20. The van der Waals surface area contributed by atoms with Gasteiger partial charge in [0.25, 0.3) is 0 Å². The van der Waals surface area contributed by atoms with Crippen molar-refractivity contribution in [2.45, 2.75) is 29.7 Å². The number of ether oxygens (including phenoxy) is 1. The Morgan fingerprint density at radius 3 is 1.66 bits per heavy atom. The molecule has 3 aromatic carbocycles. The second-order valence-electron chi connectivity index (χ2n) is 10.1. The molecular weight excluding hydrogens is 525 g/mol. The van der Waals surface area contributed by atoms with E-state index in [-0.39, 0.29) is 5.78 Å². The Labute approximate surface area is 229 Å². The van der Waals surface area contributed by atoms with Gasteiger partial charge in [0.15, 0.2) is 6.10 Å². The largest absolute Gasteiger partial charge is 0.453 e. The molecule has 0 radical (unpaired) electrons. The van der Waals surface area contributed by atoms with Crippen LogP contribution in [0.1, 0.15) is 45.1 Å². The molecule has 2 amide bonds. The van der Waals surface area contributed by atoms with Crippen molar-refractivity contribution in [1.82, 2.24) is 4.90 Å². The van der Waals surface area contributed by atoms with E-state index >= 15 is 0 Å². The zero-order chi connectivity index (χ0) is 27.0. The summed E-state index contributed by atoms with van der Waals surface area (Å²) in [6, 6.07) is 21.5. The average Bonchev–Trinajstić information content (AvgIpc) is 3.17. The van der Waals surface area contributed by atoms with Crippen molar-refractivity contribution in [2.75, 3.05) is 6.54 Å². The number of carbonyl (C=O) groups excluding carboxylic acids is 4. The maximum Gasteiger partial charge on any atom is 0.326 e. The predicted octanol–water partition coefficient (Wildman–Crippen LogP) is 4.70. The van der Waals surface area contributed by atoms with Crippen molar-refractivity contribution in [2.24, 2.45) is 11.8 Å². The molecule has 4 aliphatic rings. The van der Waals surface area contributed by atoms with Crippen LogP contribution in [0.4, 0.5) is 0 Å². The zero-order valence-corrected chi connectivity index (χ0v) is 22.1. The first-order valence-electron chi connectivity index (χ1n) is 12.3. The molecule has 1 aliphatic heterocycles. The van der Waals surface area contributed by atoms with Crippen molar-refractivity contribution in [3.8, 4) is 0 Å². The molecule has 0 spiro atoms. The van der Waals surface area contributed by atoms with Gasteiger partial charge in [0, 0.05) is 5.56 Å². The lowest BCUT2D eigenvalue weighted by Gasteiger charge is -2.54. The molecule has 3 aromatic rings. The van der Waals surface area contributed by atoms with E-state index in [1.165, 1.54) is 6.92 Å². The summed E-state index contributed by atoms with van der Waals surface area (Å²) < 4.78 is 5.35. The fourth-order valence-electron chi connectivity index (χ4n) is 6.25. The van der Waals surface area contributed by atoms with Gasteiger partial charge in [-0.25, -0.2) is 0 Å². The molecule has 1 fully saturated rings. The SMILES string of the molecule is Cc1ccc(C(=O)[C@@H](C)OC(=O)CN2C(=O)[C@@H]3[C@H](C2=O)C2(Cl)c4ccccc4C3(Cl)c3ccccc32)cc1. The molecule has 38 heavy (non-hydrogen) atoms. The summed E-state index contributed by atoms with van der Waals surface area (Å²) in [7, 11) is 0.